The first-order valence-corrected chi connectivity index (χ1v) is 17.7. The summed E-state index contributed by atoms with van der Waals surface area (Å²) < 4.78 is 35.4. The van der Waals surface area contributed by atoms with Crippen molar-refractivity contribution in [2.75, 3.05) is 51.5 Å². The van der Waals surface area contributed by atoms with Crippen LogP contribution in [0.4, 0.5) is 10.2 Å². The first-order chi connectivity index (χ1) is 23.6. The van der Waals surface area contributed by atoms with Crippen molar-refractivity contribution in [1.29, 1.82) is 0 Å². The third-order valence-corrected chi connectivity index (χ3v) is 11.4. The number of rotatable bonds is 8. The number of aliphatic hydroxyl groups is 2. The minimum absolute atomic E-state index is 0.00510. The van der Waals surface area contributed by atoms with E-state index in [1.54, 1.807) is 24.1 Å². The summed E-state index contributed by atoms with van der Waals surface area (Å²) in [6, 6.07) is 2.91. The van der Waals surface area contributed by atoms with Crippen LogP contribution in [0.2, 0.25) is 5.02 Å². The zero-order valence-electron chi connectivity index (χ0n) is 28.1. The Morgan fingerprint density at radius 2 is 2.00 bits per heavy atom. The van der Waals surface area contributed by atoms with Gasteiger partial charge in [-0.15, -0.1) is 0 Å². The zero-order valence-corrected chi connectivity index (χ0v) is 28.9. The lowest BCUT2D eigenvalue weighted by molar-refractivity contribution is -0.0528. The van der Waals surface area contributed by atoms with Gasteiger partial charge in [0, 0.05) is 40.0 Å². The number of nitrogens with zero attached hydrogens (tertiary/aromatic N) is 6. The Kier molecular flexibility index (Phi) is 8.34. The molecular weight excluding hydrogens is 653 g/mol. The maximum absolute atomic E-state index is 17.2. The van der Waals surface area contributed by atoms with Gasteiger partial charge in [0.2, 0.25) is 5.88 Å². The lowest BCUT2D eigenvalue weighted by atomic mass is 9.75. The maximum Gasteiger partial charge on any atom is 0.319 e. The molecule has 2 aliphatic carbocycles. The van der Waals surface area contributed by atoms with Crippen molar-refractivity contribution < 1.29 is 28.8 Å². The molecule has 0 amide bonds. The lowest BCUT2D eigenvalue weighted by Gasteiger charge is -2.46. The molecule has 12 nitrogen and oxygen atoms in total. The number of hydrogen-bond donors (Lipinski definition) is 3. The van der Waals surface area contributed by atoms with E-state index in [4.69, 9.17) is 40.8 Å². The molecule has 0 radical (unpaired) electrons. The van der Waals surface area contributed by atoms with E-state index >= 15 is 4.39 Å². The monoisotopic (exact) mass is 695 g/mol. The van der Waals surface area contributed by atoms with E-state index in [-0.39, 0.29) is 66.0 Å². The van der Waals surface area contributed by atoms with Gasteiger partial charge in [0.15, 0.2) is 5.82 Å². The second-order valence-electron chi connectivity index (χ2n) is 14.7. The number of fused-ring (bicyclic) bond motifs is 3. The first-order valence-electron chi connectivity index (χ1n) is 17.3. The molecule has 5 heterocycles. The fraction of sp³-hybridized carbons (Fsp3) is 0.600. The highest BCUT2D eigenvalue weighted by molar-refractivity contribution is 6.33. The molecule has 262 valence electrons. The summed E-state index contributed by atoms with van der Waals surface area (Å²) in [5.41, 5.74) is 0.392. The average molecular weight is 696 g/mol. The Morgan fingerprint density at radius 1 is 1.18 bits per heavy atom. The molecule has 4 fully saturated rings. The lowest BCUT2D eigenvalue weighted by Crippen LogP contribution is -2.52. The third-order valence-electron chi connectivity index (χ3n) is 11.0. The molecule has 14 heteroatoms. The first kappa shape index (κ1) is 32.8. The van der Waals surface area contributed by atoms with Gasteiger partial charge in [-0.25, -0.2) is 9.37 Å². The standard InChI is InChI=1S/C35H43ClFN7O5/c1-19-23(36)12-24-22(13-38-42-24)26(19)29-28(37)30-27(32(39-29)47-3)31(43-14-21(15-45)48-17-34(2,46)16-43)41-33(40-30)49-18-35-9-4-6-25(35)44(11-5-10-35)20-7-8-20/h12-13,20-21,25,45-46H,4-11,14-18H2,1-3H3,(H,38,42). The number of hydrogen-bond acceptors (Lipinski definition) is 11. The number of aliphatic hydroxyl groups excluding tert-OH is 1. The number of aromatic amines is 1. The Labute approximate surface area is 288 Å². The number of β-amino-alcohol motifs (C(OH)–C–C–N with tert-alkyl or cyclic N) is 1. The van der Waals surface area contributed by atoms with Gasteiger partial charge < -0.3 is 29.3 Å². The predicted molar refractivity (Wildman–Crippen MR) is 183 cm³/mol. The number of anilines is 1. The smallest absolute Gasteiger partial charge is 0.319 e. The predicted octanol–water partition coefficient (Wildman–Crippen LogP) is 4.80. The van der Waals surface area contributed by atoms with Crippen molar-refractivity contribution in [2.24, 2.45) is 5.41 Å². The number of nitrogens with one attached hydrogen (secondary N) is 1. The van der Waals surface area contributed by atoms with Crippen LogP contribution < -0.4 is 14.4 Å². The number of likely N-dealkylation sites (tertiary alicyclic amines) is 1. The van der Waals surface area contributed by atoms with Crippen LogP contribution in [0.5, 0.6) is 11.9 Å². The van der Waals surface area contributed by atoms with Crippen molar-refractivity contribution in [3.8, 4) is 23.1 Å². The van der Waals surface area contributed by atoms with Crippen LogP contribution in [0.15, 0.2) is 12.3 Å². The largest absolute Gasteiger partial charge is 0.480 e. The normalized spacial score (nSPS) is 27.9. The number of aromatic nitrogens is 5. The number of piperidine rings is 1. The van der Waals surface area contributed by atoms with Gasteiger partial charge in [0.05, 0.1) is 51.3 Å². The van der Waals surface area contributed by atoms with E-state index < -0.39 is 17.5 Å². The molecule has 4 unspecified atom stereocenters. The van der Waals surface area contributed by atoms with Crippen molar-refractivity contribution in [3.05, 3.63) is 28.7 Å². The Balaban J connectivity index is 1.29. The number of pyridine rings is 1. The van der Waals surface area contributed by atoms with Crippen LogP contribution in [0.25, 0.3) is 33.1 Å². The van der Waals surface area contributed by atoms with Crippen LogP contribution in [-0.2, 0) is 4.74 Å². The summed E-state index contributed by atoms with van der Waals surface area (Å²) in [6.45, 7) is 5.01. The fourth-order valence-corrected chi connectivity index (χ4v) is 8.76. The molecule has 2 aliphatic heterocycles. The molecule has 49 heavy (non-hydrogen) atoms. The quantitative estimate of drug-likeness (QED) is 0.234. The highest BCUT2D eigenvalue weighted by atomic mass is 35.5. The van der Waals surface area contributed by atoms with Gasteiger partial charge in [0.1, 0.15) is 28.0 Å². The number of halogens is 2. The second-order valence-corrected chi connectivity index (χ2v) is 15.1. The van der Waals surface area contributed by atoms with Crippen molar-refractivity contribution in [1.82, 2.24) is 30.0 Å². The van der Waals surface area contributed by atoms with Crippen molar-refractivity contribution >= 4 is 39.2 Å². The summed E-state index contributed by atoms with van der Waals surface area (Å²) in [5.74, 6) is -0.321. The Hall–Kier alpha value is -3.36. The van der Waals surface area contributed by atoms with E-state index in [2.05, 4.69) is 15.1 Å². The number of H-pyrrole nitrogens is 1. The topological polar surface area (TPSA) is 142 Å². The van der Waals surface area contributed by atoms with E-state index in [0.29, 0.717) is 45.7 Å². The van der Waals surface area contributed by atoms with E-state index in [1.807, 2.05) is 6.92 Å². The molecule has 3 N–H and O–H groups in total. The third kappa shape index (κ3) is 5.77. The zero-order chi connectivity index (χ0) is 34.1. The molecule has 0 spiro atoms. The van der Waals surface area contributed by atoms with Crippen molar-refractivity contribution in [3.63, 3.8) is 0 Å². The van der Waals surface area contributed by atoms with Gasteiger partial charge in [-0.1, -0.05) is 18.0 Å². The molecule has 2 saturated heterocycles. The summed E-state index contributed by atoms with van der Waals surface area (Å²) >= 11 is 6.62. The maximum atomic E-state index is 17.2. The molecule has 1 aromatic carbocycles. The van der Waals surface area contributed by atoms with Gasteiger partial charge >= 0.3 is 6.01 Å². The summed E-state index contributed by atoms with van der Waals surface area (Å²) in [5, 5.41) is 29.7. The molecule has 4 aromatic rings. The molecule has 4 aliphatic rings. The Morgan fingerprint density at radius 3 is 2.78 bits per heavy atom. The fourth-order valence-electron chi connectivity index (χ4n) is 8.56. The molecule has 2 saturated carbocycles. The summed E-state index contributed by atoms with van der Waals surface area (Å²) in [6.07, 6.45) is 9.07. The SMILES string of the molecule is COc1nc(-c2c(C)c(Cl)cc3[nH]ncc23)c(F)c2nc(OCC34CCCC3N(C3CC3)CCC4)nc(N3CC(CO)OCC(C)(O)C3)c12. The van der Waals surface area contributed by atoms with Gasteiger partial charge in [0.25, 0.3) is 0 Å². The molecule has 8 rings (SSSR count). The van der Waals surface area contributed by atoms with E-state index in [0.717, 1.165) is 38.6 Å². The minimum atomic E-state index is -1.30. The van der Waals surface area contributed by atoms with Gasteiger partial charge in [-0.3, -0.25) is 10.00 Å². The molecule has 0 bridgehead atoms. The van der Waals surface area contributed by atoms with E-state index in [1.165, 1.54) is 20.0 Å². The van der Waals surface area contributed by atoms with E-state index in [9.17, 15) is 10.2 Å². The van der Waals surface area contributed by atoms with Crippen LogP contribution in [0, 0.1) is 18.2 Å². The molecule has 4 atom stereocenters. The molecular formula is C35H43ClFN7O5. The highest BCUT2D eigenvalue weighted by Crippen LogP contribution is 2.51. The summed E-state index contributed by atoms with van der Waals surface area (Å²) in [7, 11) is 1.46. The highest BCUT2D eigenvalue weighted by Gasteiger charge is 2.51. The number of methoxy groups -OCH3 is 1. The van der Waals surface area contributed by atoms with Crippen LogP contribution >= 0.6 is 11.6 Å². The Bertz CT molecular complexity index is 1900. The number of ether oxygens (including phenoxy) is 3. The molecule has 3 aromatic heterocycles. The van der Waals surface area contributed by atoms with Crippen LogP contribution in [0.1, 0.15) is 57.4 Å². The van der Waals surface area contributed by atoms with Gasteiger partial charge in [-0.2, -0.15) is 15.1 Å². The van der Waals surface area contributed by atoms with Crippen molar-refractivity contribution in [2.45, 2.75) is 82.6 Å². The average Bonchev–Trinajstić information content (AvgIpc) is 3.72. The van der Waals surface area contributed by atoms with Gasteiger partial charge in [-0.05, 0) is 70.5 Å². The summed E-state index contributed by atoms with van der Waals surface area (Å²) in [4.78, 5) is 18.8. The van der Waals surface area contributed by atoms with Crippen LogP contribution in [0.3, 0.4) is 0 Å². The second kappa shape index (κ2) is 12.4. The number of benzene rings is 1. The van der Waals surface area contributed by atoms with Crippen LogP contribution in [-0.4, -0.2) is 111 Å². The minimum Gasteiger partial charge on any atom is -0.480 e.